The summed E-state index contributed by atoms with van der Waals surface area (Å²) >= 11 is 2.88. The normalized spacial score (nSPS) is 12.9. The Morgan fingerprint density at radius 1 is 1.57 bits per heavy atom. The van der Waals surface area contributed by atoms with Crippen LogP contribution in [0.25, 0.3) is 0 Å². The van der Waals surface area contributed by atoms with E-state index in [1.165, 1.54) is 23.1 Å². The highest BCUT2D eigenvalue weighted by molar-refractivity contribution is 8.02. The number of rotatable bonds is 4. The smallest absolute Gasteiger partial charge is 0.233 e. The Kier molecular flexibility index (Phi) is 4.34. The molecular weight excluding hydrogens is 218 g/mol. The molecule has 4 nitrogen and oxygen atoms in total. The molecule has 0 saturated heterocycles. The molecule has 1 aromatic heterocycles. The lowest BCUT2D eigenvalue weighted by Crippen LogP contribution is -2.35. The van der Waals surface area contributed by atoms with Crippen LogP contribution in [0.2, 0.25) is 0 Å². The summed E-state index contributed by atoms with van der Waals surface area (Å²) < 4.78 is 0.830. The molecular formula is C8H13N3OS2. The van der Waals surface area contributed by atoms with Crippen LogP contribution < -0.4 is 5.32 Å². The Morgan fingerprint density at radius 3 is 2.79 bits per heavy atom. The average molecular weight is 231 g/mol. The van der Waals surface area contributed by atoms with Gasteiger partial charge in [-0.1, -0.05) is 23.1 Å². The van der Waals surface area contributed by atoms with E-state index in [0.29, 0.717) is 0 Å². The van der Waals surface area contributed by atoms with E-state index in [0.717, 1.165) is 4.34 Å². The molecule has 6 heteroatoms. The van der Waals surface area contributed by atoms with Crippen molar-refractivity contribution in [2.24, 2.45) is 0 Å². The van der Waals surface area contributed by atoms with Crippen LogP contribution in [0.5, 0.6) is 0 Å². The van der Waals surface area contributed by atoms with Gasteiger partial charge in [0.05, 0.1) is 5.25 Å². The molecule has 0 radical (unpaired) electrons. The fourth-order valence-corrected chi connectivity index (χ4v) is 2.46. The van der Waals surface area contributed by atoms with Crippen LogP contribution in [0.1, 0.15) is 20.8 Å². The van der Waals surface area contributed by atoms with Crippen LogP contribution in [-0.2, 0) is 4.79 Å². The molecule has 0 bridgehead atoms. The first kappa shape index (κ1) is 11.5. The summed E-state index contributed by atoms with van der Waals surface area (Å²) in [6, 6.07) is 0.181. The number of hydrogen-bond acceptors (Lipinski definition) is 5. The molecule has 1 heterocycles. The molecule has 0 aromatic carbocycles. The Morgan fingerprint density at radius 2 is 2.29 bits per heavy atom. The SMILES string of the molecule is CC(C)NC(=O)C(C)Sc1nncs1. The lowest BCUT2D eigenvalue weighted by Gasteiger charge is -2.12. The van der Waals surface area contributed by atoms with Crippen molar-refractivity contribution < 1.29 is 4.79 Å². The van der Waals surface area contributed by atoms with Gasteiger partial charge < -0.3 is 5.32 Å². The van der Waals surface area contributed by atoms with Gasteiger partial charge >= 0.3 is 0 Å². The van der Waals surface area contributed by atoms with E-state index in [2.05, 4.69) is 15.5 Å². The quantitative estimate of drug-likeness (QED) is 0.799. The van der Waals surface area contributed by atoms with E-state index in [1.807, 2.05) is 20.8 Å². The highest BCUT2D eigenvalue weighted by Crippen LogP contribution is 2.23. The van der Waals surface area contributed by atoms with Crippen LogP contribution in [0.4, 0.5) is 0 Å². The van der Waals surface area contributed by atoms with Gasteiger partial charge in [-0.3, -0.25) is 4.79 Å². The first-order valence-corrected chi connectivity index (χ1v) is 6.08. The molecule has 0 aliphatic carbocycles. The first-order chi connectivity index (χ1) is 6.59. The Labute approximate surface area is 91.5 Å². The average Bonchev–Trinajstić information content (AvgIpc) is 2.55. The zero-order chi connectivity index (χ0) is 10.6. The maximum atomic E-state index is 11.5. The van der Waals surface area contributed by atoms with Crippen LogP contribution in [0, 0.1) is 0 Å². The fraction of sp³-hybridized carbons (Fsp3) is 0.625. The third-order valence-corrected chi connectivity index (χ3v) is 3.33. The van der Waals surface area contributed by atoms with Gasteiger partial charge in [-0.25, -0.2) is 0 Å². The van der Waals surface area contributed by atoms with Crippen molar-refractivity contribution in [1.29, 1.82) is 0 Å². The molecule has 0 aliphatic heterocycles. The van der Waals surface area contributed by atoms with Crippen molar-refractivity contribution in [3.63, 3.8) is 0 Å². The zero-order valence-electron chi connectivity index (χ0n) is 8.35. The molecule has 0 spiro atoms. The number of aromatic nitrogens is 2. The molecule has 0 fully saturated rings. The van der Waals surface area contributed by atoms with Crippen molar-refractivity contribution in [3.8, 4) is 0 Å². The van der Waals surface area contributed by atoms with E-state index in [9.17, 15) is 4.79 Å². The van der Waals surface area contributed by atoms with Gasteiger partial charge in [0.1, 0.15) is 5.51 Å². The molecule has 0 aliphatic rings. The molecule has 1 rings (SSSR count). The van der Waals surface area contributed by atoms with E-state index >= 15 is 0 Å². The standard InChI is InChI=1S/C8H13N3OS2/c1-5(2)10-7(12)6(3)14-8-11-9-4-13-8/h4-6H,1-3H3,(H,10,12). The Balaban J connectivity index is 2.42. The Bertz CT molecular complexity index is 287. The topological polar surface area (TPSA) is 54.9 Å². The first-order valence-electron chi connectivity index (χ1n) is 4.32. The summed E-state index contributed by atoms with van der Waals surface area (Å²) in [5.41, 5.74) is 1.66. The minimum absolute atomic E-state index is 0.0419. The van der Waals surface area contributed by atoms with Crippen LogP contribution in [-0.4, -0.2) is 27.4 Å². The van der Waals surface area contributed by atoms with Gasteiger partial charge in [0.15, 0.2) is 4.34 Å². The van der Waals surface area contributed by atoms with Crippen LogP contribution in [0.15, 0.2) is 9.85 Å². The maximum absolute atomic E-state index is 11.5. The number of nitrogens with zero attached hydrogens (tertiary/aromatic N) is 2. The summed E-state index contributed by atoms with van der Waals surface area (Å²) in [5.74, 6) is 0.0419. The van der Waals surface area contributed by atoms with E-state index < -0.39 is 0 Å². The van der Waals surface area contributed by atoms with Crippen molar-refractivity contribution in [2.75, 3.05) is 0 Å². The fourth-order valence-electron chi connectivity index (χ4n) is 0.821. The summed E-state index contributed by atoms with van der Waals surface area (Å²) in [6.07, 6.45) is 0. The second kappa shape index (κ2) is 5.31. The molecule has 1 unspecified atom stereocenters. The van der Waals surface area contributed by atoms with Gasteiger partial charge in [0.2, 0.25) is 5.91 Å². The van der Waals surface area contributed by atoms with Gasteiger partial charge in [0.25, 0.3) is 0 Å². The lowest BCUT2D eigenvalue weighted by molar-refractivity contribution is -0.120. The molecule has 1 amide bonds. The van der Waals surface area contributed by atoms with Crippen molar-refractivity contribution in [3.05, 3.63) is 5.51 Å². The zero-order valence-corrected chi connectivity index (χ0v) is 9.98. The molecule has 14 heavy (non-hydrogen) atoms. The molecule has 1 atom stereocenters. The van der Waals surface area contributed by atoms with E-state index in [-0.39, 0.29) is 17.2 Å². The number of carbonyl (C=O) groups is 1. The molecule has 1 aromatic rings. The Hall–Kier alpha value is -0.620. The predicted octanol–water partition coefficient (Wildman–Crippen LogP) is 1.54. The largest absolute Gasteiger partial charge is 0.353 e. The van der Waals surface area contributed by atoms with Gasteiger partial charge in [-0.05, 0) is 20.8 Å². The van der Waals surface area contributed by atoms with Gasteiger partial charge in [0, 0.05) is 6.04 Å². The number of amides is 1. The molecule has 0 saturated carbocycles. The monoisotopic (exact) mass is 231 g/mol. The number of nitrogens with one attached hydrogen (secondary N) is 1. The third-order valence-electron chi connectivity index (χ3n) is 1.42. The van der Waals surface area contributed by atoms with Gasteiger partial charge in [-0.15, -0.1) is 10.2 Å². The van der Waals surface area contributed by atoms with Crippen LogP contribution >= 0.6 is 23.1 Å². The van der Waals surface area contributed by atoms with E-state index in [1.54, 1.807) is 5.51 Å². The predicted molar refractivity (Wildman–Crippen MR) is 58.5 cm³/mol. The summed E-state index contributed by atoms with van der Waals surface area (Å²) in [4.78, 5) is 11.5. The third kappa shape index (κ3) is 3.63. The lowest BCUT2D eigenvalue weighted by atomic mass is 10.3. The second-order valence-corrected chi connectivity index (χ2v) is 5.55. The van der Waals surface area contributed by atoms with Crippen molar-refractivity contribution >= 4 is 29.0 Å². The highest BCUT2D eigenvalue weighted by atomic mass is 32.2. The minimum atomic E-state index is -0.120. The second-order valence-electron chi connectivity index (χ2n) is 3.13. The van der Waals surface area contributed by atoms with Gasteiger partial charge in [-0.2, -0.15) is 0 Å². The molecule has 78 valence electrons. The number of carbonyl (C=O) groups excluding carboxylic acids is 1. The van der Waals surface area contributed by atoms with E-state index in [4.69, 9.17) is 0 Å². The van der Waals surface area contributed by atoms with Crippen LogP contribution in [0.3, 0.4) is 0 Å². The summed E-state index contributed by atoms with van der Waals surface area (Å²) in [5, 5.41) is 10.3. The number of hydrogen-bond donors (Lipinski definition) is 1. The molecule has 1 N–H and O–H groups in total. The summed E-state index contributed by atoms with van der Waals surface area (Å²) in [6.45, 7) is 5.75. The minimum Gasteiger partial charge on any atom is -0.353 e. The number of thioether (sulfide) groups is 1. The highest BCUT2D eigenvalue weighted by Gasteiger charge is 2.16. The van der Waals surface area contributed by atoms with Crippen molar-refractivity contribution in [1.82, 2.24) is 15.5 Å². The summed E-state index contributed by atoms with van der Waals surface area (Å²) in [7, 11) is 0. The van der Waals surface area contributed by atoms with Crippen molar-refractivity contribution in [2.45, 2.75) is 36.4 Å². The maximum Gasteiger partial charge on any atom is 0.233 e.